The molecule has 0 aromatic rings. The van der Waals surface area contributed by atoms with Crippen LogP contribution in [0.25, 0.3) is 0 Å². The third kappa shape index (κ3) is 20.4. The van der Waals surface area contributed by atoms with Gasteiger partial charge >= 0.3 is 0 Å². The fraction of sp³-hybridized carbons (Fsp3) is 1.00. The summed E-state index contributed by atoms with van der Waals surface area (Å²) in [5.41, 5.74) is 0. The van der Waals surface area contributed by atoms with Crippen molar-refractivity contribution in [3.8, 4) is 0 Å². The zero-order valence-electron chi connectivity index (χ0n) is 17.2. The molecule has 0 aliphatic heterocycles. The maximum atomic E-state index is 9.49. The Balaban J connectivity index is 0. The van der Waals surface area contributed by atoms with Gasteiger partial charge in [0.25, 0.3) is 0 Å². The lowest BCUT2D eigenvalue weighted by molar-refractivity contribution is -0.893. The van der Waals surface area contributed by atoms with E-state index in [1.807, 2.05) is 6.92 Å². The van der Waals surface area contributed by atoms with Crippen molar-refractivity contribution in [3.63, 3.8) is 0 Å². The molecule has 0 aromatic carbocycles. The summed E-state index contributed by atoms with van der Waals surface area (Å²) in [6.45, 7) is 6.25. The van der Waals surface area contributed by atoms with Gasteiger partial charge in [0.1, 0.15) is 12.6 Å². The molecule has 24 heavy (non-hydrogen) atoms. The summed E-state index contributed by atoms with van der Waals surface area (Å²) in [7, 11) is 4.46. The van der Waals surface area contributed by atoms with Gasteiger partial charge in [0.2, 0.25) is 0 Å². The van der Waals surface area contributed by atoms with E-state index in [1.165, 1.54) is 96.4 Å². The Kier molecular flexibility index (Phi) is 20.2. The Bertz CT molecular complexity index is 244. The summed E-state index contributed by atoms with van der Waals surface area (Å²) < 4.78 is 0.954. The second-order valence-electron chi connectivity index (χ2n) is 8.29. The first-order valence-corrected chi connectivity index (χ1v) is 10.5. The van der Waals surface area contributed by atoms with Crippen LogP contribution in [0.15, 0.2) is 0 Å². The van der Waals surface area contributed by atoms with Gasteiger partial charge in [-0.05, 0) is 19.8 Å². The lowest BCUT2D eigenvalue weighted by Gasteiger charge is -2.31. The molecule has 1 unspecified atom stereocenters. The highest BCUT2D eigenvalue weighted by Gasteiger charge is 2.16. The van der Waals surface area contributed by atoms with Crippen molar-refractivity contribution < 1.29 is 26.6 Å². The molecule has 0 aliphatic rings. The molecule has 0 heterocycles. The molecule has 3 heteroatoms. The van der Waals surface area contributed by atoms with Crippen molar-refractivity contribution in [3.05, 3.63) is 0 Å². The molecule has 0 fully saturated rings. The second kappa shape index (κ2) is 18.2. The zero-order chi connectivity index (χ0) is 17.4. The number of rotatable bonds is 17. The van der Waals surface area contributed by atoms with Crippen LogP contribution < -0.4 is 17.0 Å². The summed E-state index contributed by atoms with van der Waals surface area (Å²) in [6.07, 6.45) is 19.7. The number of aliphatic hydroxyl groups excluding tert-OH is 1. The maximum Gasteiger partial charge on any atom is 0.104 e. The van der Waals surface area contributed by atoms with Gasteiger partial charge in [-0.15, -0.1) is 0 Å². The first-order valence-electron chi connectivity index (χ1n) is 10.5. The summed E-state index contributed by atoms with van der Waals surface area (Å²) in [5.74, 6) is 0. The van der Waals surface area contributed by atoms with Gasteiger partial charge in [-0.3, -0.25) is 0 Å². The van der Waals surface area contributed by atoms with Crippen LogP contribution >= 0.6 is 0 Å². The van der Waals surface area contributed by atoms with Crippen molar-refractivity contribution in [2.24, 2.45) is 0 Å². The molecule has 148 valence electrons. The predicted octanol–water partition coefficient (Wildman–Crippen LogP) is 2.93. The minimum absolute atomic E-state index is 0. The Morgan fingerprint density at radius 3 is 1.33 bits per heavy atom. The number of hydrogen-bond acceptors (Lipinski definition) is 1. The van der Waals surface area contributed by atoms with Crippen LogP contribution in [0.1, 0.15) is 104 Å². The average Bonchev–Trinajstić information content (AvgIpc) is 2.46. The smallest absolute Gasteiger partial charge is 0.104 e. The second-order valence-corrected chi connectivity index (χ2v) is 8.29. The molecule has 0 aliphatic carbocycles. The van der Waals surface area contributed by atoms with E-state index >= 15 is 0 Å². The van der Waals surface area contributed by atoms with Gasteiger partial charge in [-0.2, -0.15) is 0 Å². The van der Waals surface area contributed by atoms with Gasteiger partial charge in [0, 0.05) is 0 Å². The minimum Gasteiger partial charge on any atom is -1.00 e. The van der Waals surface area contributed by atoms with E-state index in [0.29, 0.717) is 0 Å². The SMILES string of the molecule is CCCCCCCCCCCCCCCC[N+](C)(C)CC(C)O.[Br-]. The number of hydrogen-bond donors (Lipinski definition) is 1. The van der Waals surface area contributed by atoms with Crippen LogP contribution in [0.3, 0.4) is 0 Å². The quantitative estimate of drug-likeness (QED) is 0.290. The topological polar surface area (TPSA) is 20.2 Å². The monoisotopic (exact) mass is 407 g/mol. The van der Waals surface area contributed by atoms with Crippen molar-refractivity contribution >= 4 is 0 Å². The highest BCUT2D eigenvalue weighted by molar-refractivity contribution is 4.50. The number of unbranched alkanes of at least 4 members (excludes halogenated alkanes) is 13. The molecule has 1 atom stereocenters. The summed E-state index contributed by atoms with van der Waals surface area (Å²) >= 11 is 0. The van der Waals surface area contributed by atoms with Crippen molar-refractivity contribution in [1.29, 1.82) is 0 Å². The van der Waals surface area contributed by atoms with Crippen LogP contribution in [0.2, 0.25) is 0 Å². The van der Waals surface area contributed by atoms with E-state index in [2.05, 4.69) is 21.0 Å². The van der Waals surface area contributed by atoms with E-state index in [9.17, 15) is 5.11 Å². The van der Waals surface area contributed by atoms with Crippen LogP contribution in [0, 0.1) is 0 Å². The lowest BCUT2D eigenvalue weighted by Crippen LogP contribution is -3.00. The van der Waals surface area contributed by atoms with Gasteiger partial charge < -0.3 is 26.6 Å². The number of halogens is 1. The summed E-state index contributed by atoms with van der Waals surface area (Å²) in [5, 5.41) is 9.49. The first kappa shape index (κ1) is 26.6. The molecule has 0 spiro atoms. The molecule has 0 amide bonds. The third-order valence-corrected chi connectivity index (χ3v) is 4.88. The van der Waals surface area contributed by atoms with E-state index in [4.69, 9.17) is 0 Å². The van der Waals surface area contributed by atoms with E-state index in [0.717, 1.165) is 11.0 Å². The minimum atomic E-state index is -0.184. The normalized spacial score (nSPS) is 12.9. The lowest BCUT2D eigenvalue weighted by atomic mass is 10.0. The molecule has 1 N–H and O–H groups in total. The fourth-order valence-corrected chi connectivity index (χ4v) is 3.54. The third-order valence-electron chi connectivity index (χ3n) is 4.88. The Labute approximate surface area is 163 Å². The maximum absolute atomic E-state index is 9.49. The standard InChI is InChI=1S/C21H46NO.BrH/c1-5-6-7-8-9-10-11-12-13-14-15-16-17-18-19-22(3,4)20-21(2)23;/h21,23H,5-20H2,1-4H3;1H/q+1;/p-1. The molecule has 0 saturated carbocycles. The number of aliphatic hydroxyl groups is 1. The number of quaternary nitrogens is 1. The van der Waals surface area contributed by atoms with E-state index < -0.39 is 0 Å². The molecular weight excluding hydrogens is 362 g/mol. The number of nitrogens with zero attached hydrogens (tertiary/aromatic N) is 1. The van der Waals surface area contributed by atoms with Crippen molar-refractivity contribution in [2.75, 3.05) is 27.2 Å². The molecule has 0 bridgehead atoms. The highest BCUT2D eigenvalue weighted by Crippen LogP contribution is 2.13. The summed E-state index contributed by atoms with van der Waals surface area (Å²) in [6, 6.07) is 0. The van der Waals surface area contributed by atoms with Crippen molar-refractivity contribution in [1.82, 2.24) is 0 Å². The van der Waals surface area contributed by atoms with Crippen LogP contribution in [0.5, 0.6) is 0 Å². The summed E-state index contributed by atoms with van der Waals surface area (Å²) in [4.78, 5) is 0. The first-order chi connectivity index (χ1) is 11.0. The van der Waals surface area contributed by atoms with Crippen LogP contribution in [0.4, 0.5) is 0 Å². The molecule has 0 saturated heterocycles. The van der Waals surface area contributed by atoms with Crippen LogP contribution in [-0.4, -0.2) is 42.9 Å². The molecule has 2 nitrogen and oxygen atoms in total. The molecule has 0 aromatic heterocycles. The van der Waals surface area contributed by atoms with Gasteiger partial charge in [-0.25, -0.2) is 0 Å². The van der Waals surface area contributed by atoms with Crippen LogP contribution in [-0.2, 0) is 0 Å². The van der Waals surface area contributed by atoms with E-state index in [1.54, 1.807) is 0 Å². The predicted molar refractivity (Wildman–Crippen MR) is 104 cm³/mol. The number of likely N-dealkylation sites (N-methyl/N-ethyl adjacent to an activating group) is 1. The fourth-order valence-electron chi connectivity index (χ4n) is 3.54. The van der Waals surface area contributed by atoms with Gasteiger partial charge in [0.15, 0.2) is 0 Å². The average molecular weight is 409 g/mol. The Morgan fingerprint density at radius 1 is 0.667 bits per heavy atom. The highest BCUT2D eigenvalue weighted by atomic mass is 79.9. The zero-order valence-corrected chi connectivity index (χ0v) is 18.7. The Morgan fingerprint density at radius 2 is 1.00 bits per heavy atom. The van der Waals surface area contributed by atoms with Gasteiger partial charge in [-0.1, -0.05) is 84.0 Å². The van der Waals surface area contributed by atoms with E-state index in [-0.39, 0.29) is 23.1 Å². The van der Waals surface area contributed by atoms with Crippen molar-refractivity contribution in [2.45, 2.75) is 110 Å². The van der Waals surface area contributed by atoms with Gasteiger partial charge in [0.05, 0.1) is 20.6 Å². The molecular formula is C21H46BrNO. The Hall–Kier alpha value is 0.400. The largest absolute Gasteiger partial charge is 1.00 e. The molecule has 0 rings (SSSR count). The molecule has 0 radical (unpaired) electrons.